The highest BCUT2D eigenvalue weighted by Crippen LogP contribution is 2.65. The summed E-state index contributed by atoms with van der Waals surface area (Å²) in [5, 5.41) is 3.48. The van der Waals surface area contributed by atoms with Crippen molar-refractivity contribution < 1.29 is 14.0 Å². The van der Waals surface area contributed by atoms with Gasteiger partial charge >= 0.3 is 0 Å². The molecule has 0 aliphatic heterocycles. The molecule has 3 aromatic carbocycles. The summed E-state index contributed by atoms with van der Waals surface area (Å²) in [6.45, 7) is 0. The molecule has 33 heavy (non-hydrogen) atoms. The molecule has 2 amide bonds. The van der Waals surface area contributed by atoms with Gasteiger partial charge in [0.05, 0.1) is 11.5 Å². The lowest BCUT2D eigenvalue weighted by Crippen LogP contribution is -2.27. The van der Waals surface area contributed by atoms with Crippen LogP contribution in [0, 0.1) is 11.7 Å². The molecule has 0 saturated heterocycles. The van der Waals surface area contributed by atoms with Crippen LogP contribution in [-0.2, 0) is 4.79 Å². The third-order valence-electron chi connectivity index (χ3n) is 5.49. The zero-order valence-corrected chi connectivity index (χ0v) is 20.2. The van der Waals surface area contributed by atoms with Crippen molar-refractivity contribution in [1.29, 1.82) is 0 Å². The second kappa shape index (κ2) is 9.15. The number of rotatable bonds is 5. The van der Waals surface area contributed by atoms with Crippen LogP contribution in [-0.4, -0.2) is 23.2 Å². The number of hydrogen-bond acceptors (Lipinski definition) is 2. The first-order valence-corrected chi connectivity index (χ1v) is 11.4. The van der Waals surface area contributed by atoms with Crippen molar-refractivity contribution in [2.24, 2.45) is 5.92 Å². The third kappa shape index (κ3) is 4.82. The van der Waals surface area contributed by atoms with Crippen LogP contribution < -0.4 is 10.2 Å². The first-order valence-electron chi connectivity index (χ1n) is 9.87. The summed E-state index contributed by atoms with van der Waals surface area (Å²) in [7, 11) is 1.54. The molecule has 4 nitrogen and oxygen atoms in total. The van der Waals surface area contributed by atoms with E-state index in [0.29, 0.717) is 21.3 Å². The lowest BCUT2D eigenvalue weighted by molar-refractivity contribution is -0.117. The molecule has 0 spiro atoms. The SMILES string of the molecule is CN(C(=O)c1cc(NC(=O)[C@H]2[C@H](c3cc(Cl)cc(Cl)c3)C2(Cl)Cl)ccc1F)c1ccccc1. The number of alkyl halides is 2. The van der Waals surface area contributed by atoms with Crippen LogP contribution in [0.25, 0.3) is 0 Å². The molecule has 1 N–H and O–H groups in total. The van der Waals surface area contributed by atoms with Crippen LogP contribution in [0.3, 0.4) is 0 Å². The molecular formula is C24H17Cl4FN2O2. The highest BCUT2D eigenvalue weighted by Gasteiger charge is 2.67. The van der Waals surface area contributed by atoms with Crippen LogP contribution >= 0.6 is 46.4 Å². The molecule has 9 heteroatoms. The van der Waals surface area contributed by atoms with E-state index in [1.807, 2.05) is 6.07 Å². The van der Waals surface area contributed by atoms with E-state index in [2.05, 4.69) is 5.32 Å². The predicted molar refractivity (Wildman–Crippen MR) is 131 cm³/mol. The first kappa shape index (κ1) is 23.8. The predicted octanol–water partition coefficient (Wildman–Crippen LogP) is 6.94. The highest BCUT2D eigenvalue weighted by atomic mass is 35.5. The van der Waals surface area contributed by atoms with Crippen molar-refractivity contribution in [3.8, 4) is 0 Å². The van der Waals surface area contributed by atoms with Gasteiger partial charge in [-0.2, -0.15) is 0 Å². The summed E-state index contributed by atoms with van der Waals surface area (Å²) >= 11 is 24.9. The number of nitrogens with zero attached hydrogens (tertiary/aromatic N) is 1. The fourth-order valence-corrected chi connectivity index (χ4v) is 5.13. The van der Waals surface area contributed by atoms with E-state index in [1.165, 1.54) is 17.0 Å². The van der Waals surface area contributed by atoms with Gasteiger partial charge in [-0.25, -0.2) is 4.39 Å². The number of carbonyl (C=O) groups excluding carboxylic acids is 2. The second-order valence-corrected chi connectivity index (χ2v) is 10.0. The van der Waals surface area contributed by atoms with Crippen molar-refractivity contribution in [3.63, 3.8) is 0 Å². The number of benzene rings is 3. The summed E-state index contributed by atoms with van der Waals surface area (Å²) in [5.41, 5.74) is 1.30. The van der Waals surface area contributed by atoms with E-state index in [-0.39, 0.29) is 11.3 Å². The minimum atomic E-state index is -1.36. The van der Waals surface area contributed by atoms with E-state index in [0.717, 1.165) is 6.07 Å². The maximum absolute atomic E-state index is 14.5. The number of nitrogens with one attached hydrogen (secondary N) is 1. The Morgan fingerprint density at radius 3 is 2.24 bits per heavy atom. The van der Waals surface area contributed by atoms with Gasteiger partial charge in [-0.05, 0) is 54.1 Å². The maximum Gasteiger partial charge on any atom is 0.261 e. The van der Waals surface area contributed by atoms with Gasteiger partial charge in [0, 0.05) is 34.4 Å². The van der Waals surface area contributed by atoms with E-state index >= 15 is 0 Å². The fourth-order valence-electron chi connectivity index (χ4n) is 3.76. The smallest absolute Gasteiger partial charge is 0.261 e. The Balaban J connectivity index is 1.54. The second-order valence-electron chi connectivity index (χ2n) is 7.72. The van der Waals surface area contributed by atoms with E-state index in [4.69, 9.17) is 46.4 Å². The average Bonchev–Trinajstić information content (AvgIpc) is 3.36. The zero-order chi connectivity index (χ0) is 23.9. The number of amides is 2. The van der Waals surface area contributed by atoms with Gasteiger partial charge in [0.25, 0.3) is 5.91 Å². The minimum Gasteiger partial charge on any atom is -0.326 e. The summed E-state index contributed by atoms with van der Waals surface area (Å²) in [6.07, 6.45) is 0. The summed E-state index contributed by atoms with van der Waals surface area (Å²) in [6, 6.07) is 17.5. The molecule has 170 valence electrons. The lowest BCUT2D eigenvalue weighted by atomic mass is 10.1. The maximum atomic E-state index is 14.5. The highest BCUT2D eigenvalue weighted by molar-refractivity contribution is 6.53. The number of para-hydroxylation sites is 1. The molecule has 1 saturated carbocycles. The van der Waals surface area contributed by atoms with Gasteiger partial charge < -0.3 is 10.2 Å². The van der Waals surface area contributed by atoms with Crippen molar-refractivity contribution in [2.75, 3.05) is 17.3 Å². The molecule has 0 bridgehead atoms. The van der Waals surface area contributed by atoms with Gasteiger partial charge in [0.2, 0.25) is 5.91 Å². The number of halogens is 5. The normalized spacial score (nSPS) is 18.5. The molecule has 1 aliphatic carbocycles. The Morgan fingerprint density at radius 1 is 0.970 bits per heavy atom. The van der Waals surface area contributed by atoms with Crippen LogP contribution in [0.15, 0.2) is 66.7 Å². The van der Waals surface area contributed by atoms with Gasteiger partial charge in [-0.3, -0.25) is 9.59 Å². The van der Waals surface area contributed by atoms with Crippen LogP contribution in [0.5, 0.6) is 0 Å². The van der Waals surface area contributed by atoms with Crippen molar-refractivity contribution in [2.45, 2.75) is 10.3 Å². The van der Waals surface area contributed by atoms with Crippen LogP contribution in [0.2, 0.25) is 10.0 Å². The zero-order valence-electron chi connectivity index (χ0n) is 17.2. The van der Waals surface area contributed by atoms with Gasteiger partial charge in [0.1, 0.15) is 10.2 Å². The van der Waals surface area contributed by atoms with E-state index in [1.54, 1.807) is 49.5 Å². The minimum absolute atomic E-state index is 0.184. The topological polar surface area (TPSA) is 49.4 Å². The van der Waals surface area contributed by atoms with E-state index in [9.17, 15) is 14.0 Å². The molecule has 0 radical (unpaired) electrons. The molecular weight excluding hydrogens is 509 g/mol. The molecule has 0 unspecified atom stereocenters. The van der Waals surface area contributed by atoms with Gasteiger partial charge in [0.15, 0.2) is 0 Å². The Bertz CT molecular complexity index is 1220. The fraction of sp³-hybridized carbons (Fsp3) is 0.167. The summed E-state index contributed by atoms with van der Waals surface area (Å²) in [5.74, 6) is -3.05. The van der Waals surface area contributed by atoms with E-state index < -0.39 is 33.8 Å². The number of carbonyl (C=O) groups is 2. The van der Waals surface area contributed by atoms with Crippen LogP contribution in [0.1, 0.15) is 21.8 Å². The molecule has 4 rings (SSSR count). The van der Waals surface area contributed by atoms with Crippen molar-refractivity contribution in [3.05, 3.63) is 93.7 Å². The Kier molecular flexibility index (Phi) is 6.61. The molecule has 3 aromatic rings. The number of hydrogen-bond donors (Lipinski definition) is 1. The standard InChI is InChI=1S/C24H17Cl4FN2O2/c1-31(17-5-3-2-4-6-17)23(33)18-12-16(7-8-19(18)29)30-22(32)21-20(24(21,27)28)13-9-14(25)11-15(26)10-13/h2-12,20-21H,1H3,(H,30,32)/t20-,21+/m0/s1. The third-order valence-corrected chi connectivity index (χ3v) is 6.87. The Morgan fingerprint density at radius 2 is 1.61 bits per heavy atom. The first-order chi connectivity index (χ1) is 15.6. The molecule has 0 aromatic heterocycles. The number of anilines is 2. The van der Waals surface area contributed by atoms with Gasteiger partial charge in [-0.15, -0.1) is 23.2 Å². The van der Waals surface area contributed by atoms with Crippen LogP contribution in [0.4, 0.5) is 15.8 Å². The van der Waals surface area contributed by atoms with Crippen molar-refractivity contribution >= 4 is 69.6 Å². The lowest BCUT2D eigenvalue weighted by Gasteiger charge is -2.18. The van der Waals surface area contributed by atoms with Gasteiger partial charge in [-0.1, -0.05) is 41.4 Å². The average molecular weight is 526 g/mol. The molecule has 0 heterocycles. The summed E-state index contributed by atoms with van der Waals surface area (Å²) in [4.78, 5) is 27.1. The quantitative estimate of drug-likeness (QED) is 0.367. The molecule has 2 atom stereocenters. The molecule has 1 aliphatic rings. The molecule has 1 fully saturated rings. The van der Waals surface area contributed by atoms with Crippen molar-refractivity contribution in [1.82, 2.24) is 0 Å². The summed E-state index contributed by atoms with van der Waals surface area (Å²) < 4.78 is 13.1. The monoisotopic (exact) mass is 524 g/mol. The Labute approximate surface area is 210 Å². The Hall–Kier alpha value is -2.31. The largest absolute Gasteiger partial charge is 0.326 e.